The smallest absolute Gasteiger partial charge is 0.329 e. The molecule has 106 valence electrons. The molecule has 3 rings (SSSR count). The zero-order chi connectivity index (χ0) is 13.5. The minimum Gasteiger partial charge on any atom is -0.480 e. The molecule has 3 saturated carbocycles. The van der Waals surface area contributed by atoms with Gasteiger partial charge in [0.1, 0.15) is 5.54 Å². The lowest BCUT2D eigenvalue weighted by atomic mass is 9.77. The molecule has 0 atom stereocenters. The lowest BCUT2D eigenvalue weighted by Gasteiger charge is -2.39. The summed E-state index contributed by atoms with van der Waals surface area (Å²) >= 11 is 0. The number of nitrogens with one attached hydrogen (secondary N) is 1. The van der Waals surface area contributed by atoms with Crippen molar-refractivity contribution in [2.24, 2.45) is 11.8 Å². The SMILES string of the molecule is O=C(NC1(C(=O)O)CCC1)N(CC1CC1)CC1CC1. The van der Waals surface area contributed by atoms with Crippen LogP contribution in [0.15, 0.2) is 0 Å². The van der Waals surface area contributed by atoms with E-state index in [0.717, 1.165) is 19.5 Å². The number of carboxylic acids is 1. The van der Waals surface area contributed by atoms with Gasteiger partial charge in [0.05, 0.1) is 0 Å². The first kappa shape index (κ1) is 12.8. The van der Waals surface area contributed by atoms with Crippen molar-refractivity contribution in [3.8, 4) is 0 Å². The second-order valence-corrected chi connectivity index (χ2v) is 6.46. The minimum atomic E-state index is -0.984. The molecule has 5 nitrogen and oxygen atoms in total. The highest BCUT2D eigenvalue weighted by atomic mass is 16.4. The first-order chi connectivity index (χ1) is 9.09. The molecule has 3 aliphatic rings. The van der Waals surface area contributed by atoms with Crippen LogP contribution in [0.25, 0.3) is 0 Å². The van der Waals surface area contributed by atoms with E-state index in [1.54, 1.807) is 0 Å². The summed E-state index contributed by atoms with van der Waals surface area (Å²) in [5, 5.41) is 12.1. The van der Waals surface area contributed by atoms with Crippen LogP contribution in [-0.4, -0.2) is 40.6 Å². The maximum atomic E-state index is 12.3. The van der Waals surface area contributed by atoms with Gasteiger partial charge in [-0.05, 0) is 56.8 Å². The van der Waals surface area contributed by atoms with Gasteiger partial charge in [-0.3, -0.25) is 0 Å². The largest absolute Gasteiger partial charge is 0.480 e. The molecule has 3 fully saturated rings. The highest BCUT2D eigenvalue weighted by molar-refractivity contribution is 5.87. The predicted molar refractivity (Wildman–Crippen MR) is 69.8 cm³/mol. The lowest BCUT2D eigenvalue weighted by Crippen LogP contribution is -2.62. The molecule has 0 unspecified atom stereocenters. The number of hydrogen-bond acceptors (Lipinski definition) is 2. The maximum Gasteiger partial charge on any atom is 0.329 e. The Balaban J connectivity index is 1.59. The number of aliphatic carboxylic acids is 1. The van der Waals surface area contributed by atoms with Crippen LogP contribution in [0, 0.1) is 11.8 Å². The third kappa shape index (κ3) is 2.85. The monoisotopic (exact) mass is 266 g/mol. The molecule has 0 saturated heterocycles. The van der Waals surface area contributed by atoms with E-state index in [1.807, 2.05) is 4.90 Å². The van der Waals surface area contributed by atoms with E-state index in [1.165, 1.54) is 25.7 Å². The number of carbonyl (C=O) groups excluding carboxylic acids is 1. The number of rotatable bonds is 6. The first-order valence-corrected chi connectivity index (χ1v) is 7.39. The van der Waals surface area contributed by atoms with Gasteiger partial charge in [-0.1, -0.05) is 0 Å². The summed E-state index contributed by atoms with van der Waals surface area (Å²) in [6.07, 6.45) is 6.84. The molecule has 2 N–H and O–H groups in total. The van der Waals surface area contributed by atoms with Gasteiger partial charge in [0.15, 0.2) is 0 Å². The van der Waals surface area contributed by atoms with Crippen molar-refractivity contribution in [2.75, 3.05) is 13.1 Å². The Morgan fingerprint density at radius 3 is 1.95 bits per heavy atom. The Morgan fingerprint density at radius 1 is 1.11 bits per heavy atom. The lowest BCUT2D eigenvalue weighted by molar-refractivity contribution is -0.148. The van der Waals surface area contributed by atoms with Crippen LogP contribution in [0.1, 0.15) is 44.9 Å². The molecular formula is C14H22N2O3. The molecule has 19 heavy (non-hydrogen) atoms. The molecular weight excluding hydrogens is 244 g/mol. The summed E-state index contributed by atoms with van der Waals surface area (Å²) in [4.78, 5) is 25.5. The molecule has 0 spiro atoms. The third-order valence-electron chi connectivity index (χ3n) is 4.60. The number of urea groups is 1. The van der Waals surface area contributed by atoms with Crippen LogP contribution in [0.4, 0.5) is 4.79 Å². The van der Waals surface area contributed by atoms with Crippen molar-refractivity contribution in [2.45, 2.75) is 50.5 Å². The summed E-state index contributed by atoms with van der Waals surface area (Å²) < 4.78 is 0. The Labute approximate surface area is 113 Å². The molecule has 0 aromatic rings. The quantitative estimate of drug-likeness (QED) is 0.770. The zero-order valence-corrected chi connectivity index (χ0v) is 11.2. The Bertz CT molecular complexity index is 370. The van der Waals surface area contributed by atoms with Gasteiger partial charge < -0.3 is 15.3 Å². The van der Waals surface area contributed by atoms with Crippen molar-refractivity contribution in [3.05, 3.63) is 0 Å². The molecule has 3 aliphatic carbocycles. The highest BCUT2D eigenvalue weighted by Crippen LogP contribution is 2.35. The van der Waals surface area contributed by atoms with Gasteiger partial charge in [-0.2, -0.15) is 0 Å². The van der Waals surface area contributed by atoms with Crippen LogP contribution < -0.4 is 5.32 Å². The average molecular weight is 266 g/mol. The van der Waals surface area contributed by atoms with Crippen molar-refractivity contribution in [1.29, 1.82) is 0 Å². The Kier molecular flexibility index (Phi) is 3.15. The van der Waals surface area contributed by atoms with E-state index in [9.17, 15) is 14.7 Å². The van der Waals surface area contributed by atoms with Gasteiger partial charge >= 0.3 is 12.0 Å². The van der Waals surface area contributed by atoms with Crippen molar-refractivity contribution in [3.63, 3.8) is 0 Å². The van der Waals surface area contributed by atoms with E-state index < -0.39 is 11.5 Å². The van der Waals surface area contributed by atoms with Gasteiger partial charge in [0.25, 0.3) is 0 Å². The van der Waals surface area contributed by atoms with Crippen LogP contribution in [0.3, 0.4) is 0 Å². The Morgan fingerprint density at radius 2 is 1.63 bits per heavy atom. The van der Waals surface area contributed by atoms with Gasteiger partial charge in [0, 0.05) is 13.1 Å². The normalized spacial score (nSPS) is 24.4. The van der Waals surface area contributed by atoms with Crippen molar-refractivity contribution < 1.29 is 14.7 Å². The molecule has 0 bridgehead atoms. The topological polar surface area (TPSA) is 69.6 Å². The summed E-state index contributed by atoms with van der Waals surface area (Å²) in [6.45, 7) is 1.61. The first-order valence-electron chi connectivity index (χ1n) is 7.39. The van der Waals surface area contributed by atoms with E-state index in [4.69, 9.17) is 0 Å². The van der Waals surface area contributed by atoms with E-state index in [-0.39, 0.29) is 6.03 Å². The summed E-state index contributed by atoms with van der Waals surface area (Å²) in [7, 11) is 0. The van der Waals surface area contributed by atoms with Gasteiger partial charge in [0.2, 0.25) is 0 Å². The standard InChI is InChI=1S/C14H22N2O3/c17-12(18)14(6-1-7-14)15-13(19)16(8-10-2-3-10)9-11-4-5-11/h10-11H,1-9H2,(H,15,19)(H,17,18). The van der Waals surface area contributed by atoms with Gasteiger partial charge in [-0.15, -0.1) is 0 Å². The summed E-state index contributed by atoms with van der Waals surface area (Å²) in [6, 6.07) is -0.166. The van der Waals surface area contributed by atoms with Crippen LogP contribution in [0.5, 0.6) is 0 Å². The fourth-order valence-electron chi connectivity index (χ4n) is 2.67. The fourth-order valence-corrected chi connectivity index (χ4v) is 2.67. The van der Waals surface area contributed by atoms with Crippen molar-refractivity contribution >= 4 is 12.0 Å². The molecule has 0 aromatic heterocycles. The number of nitrogens with zero attached hydrogens (tertiary/aromatic N) is 1. The predicted octanol–water partition coefficient (Wildman–Crippen LogP) is 1.83. The average Bonchev–Trinajstić information content (AvgIpc) is 3.15. The Hall–Kier alpha value is -1.26. The molecule has 0 heterocycles. The highest BCUT2D eigenvalue weighted by Gasteiger charge is 2.46. The molecule has 0 radical (unpaired) electrons. The van der Waals surface area contributed by atoms with Crippen LogP contribution >= 0.6 is 0 Å². The molecule has 2 amide bonds. The third-order valence-corrected chi connectivity index (χ3v) is 4.60. The maximum absolute atomic E-state index is 12.3. The van der Waals surface area contributed by atoms with E-state index in [0.29, 0.717) is 24.7 Å². The molecule has 0 aliphatic heterocycles. The van der Waals surface area contributed by atoms with E-state index >= 15 is 0 Å². The molecule has 0 aromatic carbocycles. The second-order valence-electron chi connectivity index (χ2n) is 6.46. The molecule has 5 heteroatoms. The van der Waals surface area contributed by atoms with Crippen LogP contribution in [0.2, 0.25) is 0 Å². The fraction of sp³-hybridized carbons (Fsp3) is 0.857. The van der Waals surface area contributed by atoms with E-state index in [2.05, 4.69) is 5.32 Å². The number of amides is 2. The number of carbonyl (C=O) groups is 2. The number of carboxylic acid groups (broad SMARTS) is 1. The summed E-state index contributed by atoms with van der Waals surface area (Å²) in [5.41, 5.74) is -0.984. The zero-order valence-electron chi connectivity index (χ0n) is 11.2. The number of hydrogen-bond donors (Lipinski definition) is 2. The van der Waals surface area contributed by atoms with Crippen molar-refractivity contribution in [1.82, 2.24) is 10.2 Å². The second kappa shape index (κ2) is 4.69. The van der Waals surface area contributed by atoms with Gasteiger partial charge in [-0.25, -0.2) is 9.59 Å². The minimum absolute atomic E-state index is 0.166. The van der Waals surface area contributed by atoms with Crippen LogP contribution in [-0.2, 0) is 4.79 Å². The summed E-state index contributed by atoms with van der Waals surface area (Å²) in [5.74, 6) is 0.406.